The van der Waals surface area contributed by atoms with Gasteiger partial charge < -0.3 is 14.5 Å². The van der Waals surface area contributed by atoms with Crippen molar-refractivity contribution in [3.63, 3.8) is 0 Å². The van der Waals surface area contributed by atoms with Gasteiger partial charge in [-0.2, -0.15) is 0 Å². The Balaban J connectivity index is 1.43. The molecule has 3 heterocycles. The van der Waals surface area contributed by atoms with E-state index in [4.69, 9.17) is 21.1 Å². The second-order valence-electron chi connectivity index (χ2n) is 5.55. The summed E-state index contributed by atoms with van der Waals surface area (Å²) in [5, 5.41) is 10.8. The summed E-state index contributed by atoms with van der Waals surface area (Å²) in [5.74, 6) is 2.00. The predicted octanol–water partition coefficient (Wildman–Crippen LogP) is 4.18. The van der Waals surface area contributed by atoms with Crippen molar-refractivity contribution in [3.05, 3.63) is 47.0 Å². The molecule has 2 aromatic heterocycles. The third-order valence-corrected chi connectivity index (χ3v) is 5.24. The van der Waals surface area contributed by atoms with Gasteiger partial charge in [-0.1, -0.05) is 41.6 Å². The van der Waals surface area contributed by atoms with Crippen LogP contribution >= 0.6 is 23.4 Å². The number of hydrogen-bond donors (Lipinski definition) is 1. The first-order valence-corrected chi connectivity index (χ1v) is 8.96. The molecule has 0 saturated heterocycles. The summed E-state index contributed by atoms with van der Waals surface area (Å²) in [7, 11) is 0. The molecule has 1 N–H and O–H groups in total. The fourth-order valence-electron chi connectivity index (χ4n) is 2.78. The average Bonchev–Trinajstić information content (AvgIpc) is 3.22. The fourth-order valence-corrected chi connectivity index (χ4v) is 3.86. The Hall–Kier alpha value is -2.51. The van der Waals surface area contributed by atoms with E-state index in [9.17, 15) is 0 Å². The highest BCUT2D eigenvalue weighted by molar-refractivity contribution is 7.98. The van der Waals surface area contributed by atoms with Crippen molar-refractivity contribution in [1.29, 1.82) is 0 Å². The van der Waals surface area contributed by atoms with Crippen LogP contribution in [0.5, 0.6) is 11.5 Å². The average molecular weight is 371 g/mol. The molecule has 0 unspecified atom stereocenters. The van der Waals surface area contributed by atoms with Gasteiger partial charge in [-0.3, -0.25) is 0 Å². The number of aromatic nitrogens is 4. The summed E-state index contributed by atoms with van der Waals surface area (Å²) < 4.78 is 10.7. The monoisotopic (exact) mass is 370 g/mol. The van der Waals surface area contributed by atoms with Gasteiger partial charge in [0.05, 0.1) is 0 Å². The third kappa shape index (κ3) is 2.56. The lowest BCUT2D eigenvalue weighted by Crippen LogP contribution is -1.93. The molecular weight excluding hydrogens is 360 g/mol. The minimum Gasteiger partial charge on any atom is -0.454 e. The highest BCUT2D eigenvalue weighted by Gasteiger charge is 2.17. The first-order chi connectivity index (χ1) is 12.3. The van der Waals surface area contributed by atoms with E-state index < -0.39 is 0 Å². The number of fused-ring (bicyclic) bond motifs is 4. The van der Waals surface area contributed by atoms with Gasteiger partial charge in [0.1, 0.15) is 5.52 Å². The van der Waals surface area contributed by atoms with E-state index in [-0.39, 0.29) is 6.79 Å². The quantitative estimate of drug-likeness (QED) is 0.545. The Kier molecular flexibility index (Phi) is 3.43. The number of aromatic amines is 1. The largest absolute Gasteiger partial charge is 0.454 e. The third-order valence-electron chi connectivity index (χ3n) is 4.00. The first-order valence-electron chi connectivity index (χ1n) is 7.60. The van der Waals surface area contributed by atoms with Crippen LogP contribution in [0.4, 0.5) is 0 Å². The van der Waals surface area contributed by atoms with E-state index in [0.29, 0.717) is 27.4 Å². The minimum absolute atomic E-state index is 0.229. The lowest BCUT2D eigenvalue weighted by atomic mass is 10.2. The zero-order valence-electron chi connectivity index (χ0n) is 12.8. The Labute approximate surface area is 151 Å². The molecule has 4 aromatic rings. The highest BCUT2D eigenvalue weighted by atomic mass is 35.5. The number of nitrogens with one attached hydrogen (secondary N) is 1. The number of thioether (sulfide) groups is 1. The second-order valence-corrected chi connectivity index (χ2v) is 6.90. The van der Waals surface area contributed by atoms with Crippen molar-refractivity contribution in [1.82, 2.24) is 20.2 Å². The SMILES string of the molecule is Clc1cc2c(cc1CSc1nnc3c(n1)[nH]c1ccccc13)OCO2. The predicted molar refractivity (Wildman–Crippen MR) is 96.3 cm³/mol. The van der Waals surface area contributed by atoms with E-state index in [0.717, 1.165) is 27.6 Å². The Morgan fingerprint density at radius 3 is 2.88 bits per heavy atom. The van der Waals surface area contributed by atoms with Crippen LogP contribution in [0.2, 0.25) is 5.02 Å². The lowest BCUT2D eigenvalue weighted by molar-refractivity contribution is 0.174. The van der Waals surface area contributed by atoms with Gasteiger partial charge in [-0.05, 0) is 17.7 Å². The van der Waals surface area contributed by atoms with E-state index >= 15 is 0 Å². The molecule has 0 aliphatic carbocycles. The number of ether oxygens (including phenoxy) is 2. The molecule has 124 valence electrons. The first kappa shape index (κ1) is 14.8. The molecule has 0 bridgehead atoms. The summed E-state index contributed by atoms with van der Waals surface area (Å²) in [6, 6.07) is 11.6. The number of hydrogen-bond acceptors (Lipinski definition) is 6. The molecule has 25 heavy (non-hydrogen) atoms. The smallest absolute Gasteiger partial charge is 0.231 e. The maximum Gasteiger partial charge on any atom is 0.231 e. The number of H-pyrrole nitrogens is 1. The van der Waals surface area contributed by atoms with Crippen molar-refractivity contribution in [2.75, 3.05) is 6.79 Å². The number of rotatable bonds is 3. The topological polar surface area (TPSA) is 72.9 Å². The van der Waals surface area contributed by atoms with Crippen LogP contribution in [0.15, 0.2) is 41.6 Å². The van der Waals surface area contributed by atoms with Gasteiger partial charge in [0.25, 0.3) is 0 Å². The zero-order chi connectivity index (χ0) is 16.8. The molecule has 0 amide bonds. The van der Waals surface area contributed by atoms with Crippen molar-refractivity contribution < 1.29 is 9.47 Å². The summed E-state index contributed by atoms with van der Waals surface area (Å²) in [6.07, 6.45) is 0. The molecule has 0 spiro atoms. The van der Waals surface area contributed by atoms with Crippen LogP contribution < -0.4 is 9.47 Å². The second kappa shape index (κ2) is 5.79. The van der Waals surface area contributed by atoms with Crippen molar-refractivity contribution in [2.45, 2.75) is 10.9 Å². The van der Waals surface area contributed by atoms with Gasteiger partial charge in [0, 0.05) is 27.7 Å². The number of para-hydroxylation sites is 1. The molecule has 2 aromatic carbocycles. The van der Waals surface area contributed by atoms with Crippen LogP contribution in [-0.2, 0) is 5.75 Å². The molecule has 1 aliphatic heterocycles. The van der Waals surface area contributed by atoms with Crippen LogP contribution in [0, 0.1) is 0 Å². The highest BCUT2D eigenvalue weighted by Crippen LogP contribution is 2.38. The van der Waals surface area contributed by atoms with Crippen LogP contribution in [-0.4, -0.2) is 27.0 Å². The van der Waals surface area contributed by atoms with Gasteiger partial charge in [-0.25, -0.2) is 4.98 Å². The normalized spacial score (nSPS) is 13.0. The summed E-state index contributed by atoms with van der Waals surface area (Å²) >= 11 is 7.78. The van der Waals surface area contributed by atoms with Crippen molar-refractivity contribution >= 4 is 45.4 Å². The summed E-state index contributed by atoms with van der Waals surface area (Å²) in [5.41, 5.74) is 3.45. The van der Waals surface area contributed by atoms with Gasteiger partial charge >= 0.3 is 0 Å². The molecular formula is C17H11ClN4O2S. The Morgan fingerprint density at radius 2 is 1.96 bits per heavy atom. The minimum atomic E-state index is 0.229. The van der Waals surface area contributed by atoms with Crippen LogP contribution in [0.3, 0.4) is 0 Å². The number of halogens is 1. The number of benzene rings is 2. The molecule has 0 radical (unpaired) electrons. The molecule has 0 fully saturated rings. The molecule has 6 nitrogen and oxygen atoms in total. The standard InChI is InChI=1S/C17H11ClN4O2S/c18-11-6-14-13(23-8-24-14)5-9(11)7-25-17-20-16-15(21-22-17)10-3-1-2-4-12(10)19-16/h1-6H,7-8H2,(H,19,20,22). The number of nitrogens with zero attached hydrogens (tertiary/aromatic N) is 3. The maximum atomic E-state index is 6.31. The van der Waals surface area contributed by atoms with E-state index in [1.165, 1.54) is 11.8 Å². The van der Waals surface area contributed by atoms with Crippen LogP contribution in [0.1, 0.15) is 5.56 Å². The maximum absolute atomic E-state index is 6.31. The molecule has 5 rings (SSSR count). The summed E-state index contributed by atoms with van der Waals surface area (Å²) in [6.45, 7) is 0.229. The summed E-state index contributed by atoms with van der Waals surface area (Å²) in [4.78, 5) is 7.84. The molecule has 8 heteroatoms. The van der Waals surface area contributed by atoms with E-state index in [1.54, 1.807) is 6.07 Å². The van der Waals surface area contributed by atoms with E-state index in [2.05, 4.69) is 20.2 Å². The van der Waals surface area contributed by atoms with Crippen molar-refractivity contribution in [3.8, 4) is 11.5 Å². The van der Waals surface area contributed by atoms with E-state index in [1.807, 2.05) is 30.3 Å². The van der Waals surface area contributed by atoms with Gasteiger partial charge in [0.2, 0.25) is 11.9 Å². The van der Waals surface area contributed by atoms with Gasteiger partial charge in [0.15, 0.2) is 17.1 Å². The van der Waals surface area contributed by atoms with Crippen molar-refractivity contribution in [2.24, 2.45) is 0 Å². The van der Waals surface area contributed by atoms with Gasteiger partial charge in [-0.15, -0.1) is 10.2 Å². The Morgan fingerprint density at radius 1 is 1.12 bits per heavy atom. The Bertz CT molecular complexity index is 1110. The lowest BCUT2D eigenvalue weighted by Gasteiger charge is -2.05. The molecule has 0 saturated carbocycles. The molecule has 1 aliphatic rings. The molecule has 0 atom stereocenters. The fraction of sp³-hybridized carbons (Fsp3) is 0.118. The zero-order valence-corrected chi connectivity index (χ0v) is 14.4. The van der Waals surface area contributed by atoms with Crippen LogP contribution in [0.25, 0.3) is 22.1 Å².